The third kappa shape index (κ3) is 3.03. The lowest BCUT2D eigenvalue weighted by atomic mass is 9.66. The maximum atomic E-state index is 11.1. The van der Waals surface area contributed by atoms with Crippen LogP contribution >= 0.6 is 0 Å². The van der Waals surface area contributed by atoms with Gasteiger partial charge < -0.3 is 9.84 Å². The number of allylic oxidation sites excluding steroid dienone is 2. The molecule has 2 aromatic carbocycles. The number of rotatable bonds is 2. The molecule has 2 atom stereocenters. The lowest BCUT2D eigenvalue weighted by Crippen LogP contribution is -2.45. The van der Waals surface area contributed by atoms with Gasteiger partial charge in [-0.1, -0.05) is 55.3 Å². The van der Waals surface area contributed by atoms with Gasteiger partial charge >= 0.3 is 0 Å². The quantitative estimate of drug-likeness (QED) is 0.596. The van der Waals surface area contributed by atoms with Crippen LogP contribution in [0.4, 0.5) is 0 Å². The summed E-state index contributed by atoms with van der Waals surface area (Å²) >= 11 is 0. The summed E-state index contributed by atoms with van der Waals surface area (Å²) in [6.45, 7) is 13.1. The Labute approximate surface area is 169 Å². The zero-order chi connectivity index (χ0) is 20.3. The minimum absolute atomic E-state index is 0.217. The Kier molecular flexibility index (Phi) is 4.37. The molecule has 2 nitrogen and oxygen atoms in total. The van der Waals surface area contributed by atoms with Crippen LogP contribution in [0.2, 0.25) is 0 Å². The molecule has 0 saturated heterocycles. The molecule has 0 radical (unpaired) electrons. The van der Waals surface area contributed by atoms with Crippen molar-refractivity contribution < 1.29 is 9.84 Å². The highest BCUT2D eigenvalue weighted by Gasteiger charge is 2.46. The lowest BCUT2D eigenvalue weighted by Gasteiger charge is -2.47. The van der Waals surface area contributed by atoms with E-state index in [1.165, 1.54) is 16.7 Å². The lowest BCUT2D eigenvalue weighted by molar-refractivity contribution is 0.00745. The summed E-state index contributed by atoms with van der Waals surface area (Å²) < 4.78 is 6.51. The van der Waals surface area contributed by atoms with Crippen molar-refractivity contribution in [3.8, 4) is 11.5 Å². The van der Waals surface area contributed by atoms with Gasteiger partial charge in [-0.2, -0.15) is 0 Å². The number of aryl methyl sites for hydroxylation is 1. The van der Waals surface area contributed by atoms with Crippen molar-refractivity contribution in [2.45, 2.75) is 71.3 Å². The summed E-state index contributed by atoms with van der Waals surface area (Å²) in [6, 6.07) is 12.8. The van der Waals surface area contributed by atoms with Crippen molar-refractivity contribution >= 4 is 0 Å². The molecule has 0 saturated carbocycles. The molecule has 4 rings (SSSR count). The largest absolute Gasteiger partial charge is 0.508 e. The topological polar surface area (TPSA) is 29.5 Å². The summed E-state index contributed by atoms with van der Waals surface area (Å²) in [7, 11) is 0. The Morgan fingerprint density at radius 2 is 1.82 bits per heavy atom. The Hall–Kier alpha value is -2.22. The normalized spacial score (nSPS) is 23.3. The highest BCUT2D eigenvalue weighted by molar-refractivity contribution is 5.55. The van der Waals surface area contributed by atoms with E-state index in [-0.39, 0.29) is 11.0 Å². The summed E-state index contributed by atoms with van der Waals surface area (Å²) in [5.41, 5.74) is 5.54. The number of ether oxygens (including phenoxy) is 1. The smallest absolute Gasteiger partial charge is 0.127 e. The number of benzene rings is 2. The first-order valence-electron chi connectivity index (χ1n) is 10.4. The van der Waals surface area contributed by atoms with Crippen LogP contribution in [-0.4, -0.2) is 10.7 Å². The molecule has 1 heterocycles. The van der Waals surface area contributed by atoms with Gasteiger partial charge in [0.25, 0.3) is 0 Å². The van der Waals surface area contributed by atoms with E-state index in [1.54, 1.807) is 0 Å². The van der Waals surface area contributed by atoms with Crippen LogP contribution in [-0.2, 0) is 5.41 Å². The van der Waals surface area contributed by atoms with Gasteiger partial charge in [0.15, 0.2) is 0 Å². The average molecular weight is 377 g/mol. The highest BCUT2D eigenvalue weighted by atomic mass is 16.5. The summed E-state index contributed by atoms with van der Waals surface area (Å²) in [5.74, 6) is 1.95. The van der Waals surface area contributed by atoms with Gasteiger partial charge in [0, 0.05) is 22.8 Å². The number of phenols is 1. The Morgan fingerprint density at radius 3 is 2.54 bits per heavy atom. The van der Waals surface area contributed by atoms with E-state index in [0.717, 1.165) is 29.7 Å². The van der Waals surface area contributed by atoms with Crippen molar-refractivity contribution in [2.75, 3.05) is 0 Å². The monoisotopic (exact) mass is 376 g/mol. The van der Waals surface area contributed by atoms with Crippen molar-refractivity contribution in [1.82, 2.24) is 0 Å². The molecule has 0 bridgehead atoms. The first-order chi connectivity index (χ1) is 13.1. The zero-order valence-corrected chi connectivity index (χ0v) is 18.0. The fourth-order valence-corrected chi connectivity index (χ4v) is 5.13. The standard InChI is InChI=1S/C26H32O2/c1-16-8-7-9-18(12-16)25(3,4)19-14-22(27)24-20-13-17(2)10-11-21(20)26(5,6)28-23(24)15-19/h7-10,12,14-15,20-21,27H,11,13H2,1-6H3/t20-,21-/m1/s1. The fraction of sp³-hybridized carbons (Fsp3) is 0.462. The van der Waals surface area contributed by atoms with Crippen LogP contribution < -0.4 is 4.74 Å². The van der Waals surface area contributed by atoms with Crippen LogP contribution in [0.15, 0.2) is 48.0 Å². The third-order valence-electron chi connectivity index (χ3n) is 6.97. The second-order valence-corrected chi connectivity index (χ2v) is 9.81. The molecule has 0 amide bonds. The Bertz CT molecular complexity index is 949. The van der Waals surface area contributed by atoms with Gasteiger partial charge in [-0.05, 0) is 63.8 Å². The number of hydrogen-bond acceptors (Lipinski definition) is 2. The fourth-order valence-electron chi connectivity index (χ4n) is 5.13. The van der Waals surface area contributed by atoms with E-state index in [2.05, 4.69) is 78.0 Å². The van der Waals surface area contributed by atoms with Crippen molar-refractivity contribution in [1.29, 1.82) is 0 Å². The van der Waals surface area contributed by atoms with Gasteiger partial charge in [-0.3, -0.25) is 0 Å². The van der Waals surface area contributed by atoms with Crippen LogP contribution in [0, 0.1) is 12.8 Å². The van der Waals surface area contributed by atoms with E-state index in [4.69, 9.17) is 4.74 Å². The molecule has 1 aliphatic heterocycles. The Morgan fingerprint density at radius 1 is 1.07 bits per heavy atom. The number of phenolic OH excluding ortho intramolecular Hbond substituents is 1. The van der Waals surface area contributed by atoms with E-state index in [9.17, 15) is 5.11 Å². The van der Waals surface area contributed by atoms with Gasteiger partial charge in [0.1, 0.15) is 17.1 Å². The van der Waals surface area contributed by atoms with Gasteiger partial charge in [0.05, 0.1) is 0 Å². The van der Waals surface area contributed by atoms with Crippen molar-refractivity contribution in [2.24, 2.45) is 5.92 Å². The summed E-state index contributed by atoms with van der Waals surface area (Å²) in [4.78, 5) is 0. The van der Waals surface area contributed by atoms with Gasteiger partial charge in [-0.25, -0.2) is 0 Å². The van der Waals surface area contributed by atoms with E-state index >= 15 is 0 Å². The van der Waals surface area contributed by atoms with E-state index in [0.29, 0.717) is 17.6 Å². The molecule has 28 heavy (non-hydrogen) atoms. The first kappa shape index (κ1) is 19.1. The molecule has 0 spiro atoms. The summed E-state index contributed by atoms with van der Waals surface area (Å²) in [6.07, 6.45) is 4.35. The Balaban J connectivity index is 1.83. The van der Waals surface area contributed by atoms with Gasteiger partial charge in [-0.15, -0.1) is 0 Å². The molecule has 2 heteroatoms. The van der Waals surface area contributed by atoms with E-state index in [1.807, 2.05) is 6.07 Å². The maximum Gasteiger partial charge on any atom is 0.127 e. The number of hydrogen-bond donors (Lipinski definition) is 1. The first-order valence-corrected chi connectivity index (χ1v) is 10.4. The molecular formula is C26H32O2. The van der Waals surface area contributed by atoms with Crippen LogP contribution in [0.5, 0.6) is 11.5 Å². The van der Waals surface area contributed by atoms with Crippen LogP contribution in [0.3, 0.4) is 0 Å². The highest BCUT2D eigenvalue weighted by Crippen LogP contribution is 2.55. The van der Waals surface area contributed by atoms with E-state index < -0.39 is 0 Å². The molecule has 148 valence electrons. The molecule has 1 aliphatic carbocycles. The molecule has 0 fully saturated rings. The van der Waals surface area contributed by atoms with Crippen molar-refractivity contribution in [3.05, 3.63) is 70.3 Å². The SMILES string of the molecule is CC1=CC[C@@H]2[C@@H](C1)c1c(O)cc(C(C)(C)c3cccc(C)c3)cc1OC2(C)C. The third-order valence-corrected chi connectivity index (χ3v) is 6.97. The predicted octanol–water partition coefficient (Wildman–Crippen LogP) is 6.64. The molecule has 0 unspecified atom stereocenters. The second-order valence-electron chi connectivity index (χ2n) is 9.81. The van der Waals surface area contributed by atoms with Crippen LogP contribution in [0.1, 0.15) is 75.6 Å². The second kappa shape index (κ2) is 6.40. The maximum absolute atomic E-state index is 11.1. The van der Waals surface area contributed by atoms with Crippen molar-refractivity contribution in [3.63, 3.8) is 0 Å². The molecular weight excluding hydrogens is 344 g/mol. The number of fused-ring (bicyclic) bond motifs is 3. The summed E-state index contributed by atoms with van der Waals surface area (Å²) in [5, 5.41) is 11.1. The van der Waals surface area contributed by atoms with Crippen LogP contribution in [0.25, 0.3) is 0 Å². The predicted molar refractivity (Wildman–Crippen MR) is 115 cm³/mol. The zero-order valence-electron chi connectivity index (χ0n) is 18.0. The molecule has 2 aromatic rings. The average Bonchev–Trinajstić information content (AvgIpc) is 2.60. The molecule has 0 aromatic heterocycles. The molecule has 2 aliphatic rings. The minimum atomic E-state index is -0.243. The number of aromatic hydroxyl groups is 1. The minimum Gasteiger partial charge on any atom is -0.508 e. The molecule has 1 N–H and O–H groups in total. The van der Waals surface area contributed by atoms with Gasteiger partial charge in [0.2, 0.25) is 0 Å².